The number of terminal acetylenes is 1. The predicted octanol–water partition coefficient (Wildman–Crippen LogP) is 2.48. The van der Waals surface area contributed by atoms with Crippen LogP contribution in [0.1, 0.15) is 13.8 Å². The van der Waals surface area contributed by atoms with E-state index in [9.17, 15) is 13.3 Å². The van der Waals surface area contributed by atoms with Gasteiger partial charge in [0.05, 0.1) is 13.2 Å². The van der Waals surface area contributed by atoms with Crippen LogP contribution < -0.4 is 0 Å². The molecule has 0 saturated carbocycles. The lowest BCUT2D eigenvalue weighted by molar-refractivity contribution is 0.0871. The van der Waals surface area contributed by atoms with Crippen LogP contribution in [0.4, 0.5) is 8.78 Å². The van der Waals surface area contributed by atoms with Crippen molar-refractivity contribution in [3.63, 3.8) is 0 Å². The standard InChI is InChI=1S/C7H11F2O3P/c1-4-7(8,9)13(10,11-5-2)12-6-3/h1H,5-6H2,2-3H3. The lowest BCUT2D eigenvalue weighted by Gasteiger charge is -2.21. The molecule has 0 fully saturated rings. The molecular formula is C7H11F2O3P. The number of alkyl halides is 2. The van der Waals surface area contributed by atoms with Crippen LogP contribution in [-0.4, -0.2) is 18.9 Å². The summed E-state index contributed by atoms with van der Waals surface area (Å²) in [6.07, 6.45) is 4.52. The molecule has 0 aromatic heterocycles. The van der Waals surface area contributed by atoms with Crippen molar-refractivity contribution in [2.45, 2.75) is 19.5 Å². The molecule has 0 aliphatic heterocycles. The minimum atomic E-state index is -4.49. The number of hydrogen-bond donors (Lipinski definition) is 0. The van der Waals surface area contributed by atoms with E-state index in [1.54, 1.807) is 0 Å². The fraction of sp³-hybridized carbons (Fsp3) is 0.714. The van der Waals surface area contributed by atoms with Gasteiger partial charge in [-0.25, -0.2) is 0 Å². The molecule has 0 atom stereocenters. The predicted molar refractivity (Wildman–Crippen MR) is 44.6 cm³/mol. The molecule has 0 radical (unpaired) electrons. The van der Waals surface area contributed by atoms with Crippen molar-refractivity contribution in [2.75, 3.05) is 13.2 Å². The lowest BCUT2D eigenvalue weighted by Crippen LogP contribution is -2.17. The van der Waals surface area contributed by atoms with Crippen molar-refractivity contribution >= 4 is 7.60 Å². The SMILES string of the molecule is C#CC(F)(F)P(=O)(OCC)OCC. The van der Waals surface area contributed by atoms with E-state index in [-0.39, 0.29) is 13.2 Å². The molecule has 0 aliphatic rings. The zero-order valence-corrected chi connectivity index (χ0v) is 8.31. The maximum Gasteiger partial charge on any atom is 0.412 e. The van der Waals surface area contributed by atoms with Gasteiger partial charge >= 0.3 is 13.3 Å². The fourth-order valence-corrected chi connectivity index (χ4v) is 1.86. The molecule has 0 heterocycles. The first kappa shape index (κ1) is 12.6. The van der Waals surface area contributed by atoms with Crippen molar-refractivity contribution in [3.8, 4) is 12.3 Å². The highest BCUT2D eigenvalue weighted by Crippen LogP contribution is 2.61. The second kappa shape index (κ2) is 4.71. The number of rotatable bonds is 5. The molecule has 6 heteroatoms. The van der Waals surface area contributed by atoms with Gasteiger partial charge in [0.25, 0.3) is 0 Å². The van der Waals surface area contributed by atoms with Gasteiger partial charge in [0.1, 0.15) is 0 Å². The quantitative estimate of drug-likeness (QED) is 0.518. The second-order valence-corrected chi connectivity index (χ2v) is 4.09. The summed E-state index contributed by atoms with van der Waals surface area (Å²) < 4.78 is 45.7. The average Bonchev–Trinajstić information content (AvgIpc) is 2.05. The van der Waals surface area contributed by atoms with E-state index in [2.05, 4.69) is 15.5 Å². The van der Waals surface area contributed by atoms with E-state index in [0.29, 0.717) is 0 Å². The molecule has 3 nitrogen and oxygen atoms in total. The molecule has 0 amide bonds. The normalized spacial score (nSPS) is 12.5. The van der Waals surface area contributed by atoms with Gasteiger partial charge in [-0.15, -0.1) is 6.42 Å². The summed E-state index contributed by atoms with van der Waals surface area (Å²) in [5.74, 6) is 1.11. The van der Waals surface area contributed by atoms with Crippen LogP contribution >= 0.6 is 7.60 Å². The van der Waals surface area contributed by atoms with E-state index in [4.69, 9.17) is 0 Å². The first-order valence-electron chi connectivity index (χ1n) is 3.68. The Labute approximate surface area is 75.9 Å². The van der Waals surface area contributed by atoms with Gasteiger partial charge < -0.3 is 9.05 Å². The van der Waals surface area contributed by atoms with Gasteiger partial charge in [-0.2, -0.15) is 8.78 Å². The van der Waals surface area contributed by atoms with Crippen LogP contribution in [0.15, 0.2) is 0 Å². The minimum Gasteiger partial charge on any atom is -0.304 e. The molecular weight excluding hydrogens is 201 g/mol. The number of halogens is 2. The summed E-state index contributed by atoms with van der Waals surface area (Å²) in [7, 11) is -4.49. The molecule has 0 aliphatic carbocycles. The maximum atomic E-state index is 12.8. The monoisotopic (exact) mass is 212 g/mol. The van der Waals surface area contributed by atoms with Crippen LogP contribution in [0.2, 0.25) is 0 Å². The third-order valence-electron chi connectivity index (χ3n) is 1.12. The highest BCUT2D eigenvalue weighted by molar-refractivity contribution is 7.55. The Morgan fingerprint density at radius 3 is 2.00 bits per heavy atom. The Hall–Kier alpha value is -0.430. The molecule has 0 spiro atoms. The molecule has 0 saturated heterocycles. The Kier molecular flexibility index (Phi) is 4.55. The summed E-state index contributed by atoms with van der Waals surface area (Å²) >= 11 is 0. The van der Waals surface area contributed by atoms with Gasteiger partial charge in [0.15, 0.2) is 0 Å². The van der Waals surface area contributed by atoms with Crippen molar-refractivity contribution in [3.05, 3.63) is 0 Å². The van der Waals surface area contributed by atoms with Gasteiger partial charge in [-0.3, -0.25) is 4.57 Å². The van der Waals surface area contributed by atoms with Gasteiger partial charge in [-0.05, 0) is 19.8 Å². The van der Waals surface area contributed by atoms with E-state index >= 15 is 0 Å². The molecule has 0 aromatic rings. The largest absolute Gasteiger partial charge is 0.412 e. The van der Waals surface area contributed by atoms with Crippen molar-refractivity contribution < 1.29 is 22.4 Å². The molecule has 0 N–H and O–H groups in total. The molecule has 0 rings (SSSR count). The molecule has 0 unspecified atom stereocenters. The van der Waals surface area contributed by atoms with Crippen LogP contribution in [0.3, 0.4) is 0 Å². The second-order valence-electron chi connectivity index (χ2n) is 2.02. The van der Waals surface area contributed by atoms with E-state index in [1.807, 2.05) is 0 Å². The molecule has 0 bridgehead atoms. The van der Waals surface area contributed by atoms with Crippen LogP contribution in [0, 0.1) is 12.3 Å². The Bertz CT molecular complexity index is 237. The third kappa shape index (κ3) is 2.77. The third-order valence-corrected chi connectivity index (χ3v) is 3.13. The minimum absolute atomic E-state index is 0.144. The van der Waals surface area contributed by atoms with Gasteiger partial charge in [-0.1, -0.05) is 0 Å². The summed E-state index contributed by atoms with van der Waals surface area (Å²) in [6, 6.07) is 0. The Morgan fingerprint density at radius 2 is 1.77 bits per heavy atom. The van der Waals surface area contributed by atoms with Gasteiger partial charge in [0.2, 0.25) is 0 Å². The van der Waals surface area contributed by atoms with Crippen LogP contribution in [-0.2, 0) is 13.6 Å². The summed E-state index contributed by atoms with van der Waals surface area (Å²) in [6.45, 7) is 2.57. The average molecular weight is 212 g/mol. The molecule has 13 heavy (non-hydrogen) atoms. The first-order valence-corrected chi connectivity index (χ1v) is 5.22. The highest BCUT2D eigenvalue weighted by Gasteiger charge is 2.52. The maximum absolute atomic E-state index is 12.8. The molecule has 0 aromatic carbocycles. The van der Waals surface area contributed by atoms with Crippen LogP contribution in [0.5, 0.6) is 0 Å². The zero-order chi connectivity index (χ0) is 10.5. The van der Waals surface area contributed by atoms with Crippen LogP contribution in [0.25, 0.3) is 0 Å². The summed E-state index contributed by atoms with van der Waals surface area (Å²) in [4.78, 5) is 0. The lowest BCUT2D eigenvalue weighted by atomic mass is 10.7. The van der Waals surface area contributed by atoms with E-state index in [1.165, 1.54) is 13.8 Å². The van der Waals surface area contributed by atoms with Crippen molar-refractivity contribution in [1.29, 1.82) is 0 Å². The Morgan fingerprint density at radius 1 is 1.38 bits per heavy atom. The van der Waals surface area contributed by atoms with E-state index < -0.39 is 13.3 Å². The summed E-state index contributed by atoms with van der Waals surface area (Å²) in [5, 5.41) is 0. The van der Waals surface area contributed by atoms with Gasteiger partial charge in [0, 0.05) is 0 Å². The summed E-state index contributed by atoms with van der Waals surface area (Å²) in [5.41, 5.74) is -3.86. The molecule has 76 valence electrons. The topological polar surface area (TPSA) is 35.5 Å². The zero-order valence-electron chi connectivity index (χ0n) is 7.42. The first-order chi connectivity index (χ1) is 5.93. The smallest absolute Gasteiger partial charge is 0.304 e. The van der Waals surface area contributed by atoms with E-state index in [0.717, 1.165) is 5.92 Å². The number of hydrogen-bond acceptors (Lipinski definition) is 3. The Balaban J connectivity index is 4.80. The van der Waals surface area contributed by atoms with Crippen molar-refractivity contribution in [1.82, 2.24) is 0 Å². The fourth-order valence-electron chi connectivity index (χ4n) is 0.618. The highest BCUT2D eigenvalue weighted by atomic mass is 31.2. The van der Waals surface area contributed by atoms with Crippen molar-refractivity contribution in [2.24, 2.45) is 0 Å².